The van der Waals surface area contributed by atoms with Crippen LogP contribution in [0.15, 0.2) is 133 Å². The highest BCUT2D eigenvalue weighted by Gasteiger charge is 2.12. The lowest BCUT2D eigenvalue weighted by Gasteiger charge is -2.26. The number of halogens is 1. The number of nitrogens with zero attached hydrogens (tertiary/aromatic N) is 1. The Kier molecular flexibility index (Phi) is 5.74. The molecule has 5 aromatic carbocycles. The molecule has 0 saturated heterocycles. The van der Waals surface area contributed by atoms with Crippen LogP contribution in [0.25, 0.3) is 22.3 Å². The van der Waals surface area contributed by atoms with Crippen LogP contribution in [0.2, 0.25) is 5.02 Å². The van der Waals surface area contributed by atoms with Gasteiger partial charge in [-0.25, -0.2) is 0 Å². The average molecular weight is 432 g/mol. The van der Waals surface area contributed by atoms with E-state index < -0.39 is 0 Å². The molecule has 0 bridgehead atoms. The Balaban J connectivity index is 1.52. The van der Waals surface area contributed by atoms with Gasteiger partial charge in [0.2, 0.25) is 0 Å². The van der Waals surface area contributed by atoms with Crippen LogP contribution in [0.1, 0.15) is 0 Å². The second kappa shape index (κ2) is 9.13. The summed E-state index contributed by atoms with van der Waals surface area (Å²) in [5, 5.41) is 0.746. The Bertz CT molecular complexity index is 1290. The Morgan fingerprint density at radius 1 is 0.375 bits per heavy atom. The molecule has 0 unspecified atom stereocenters. The lowest BCUT2D eigenvalue weighted by molar-refractivity contribution is 1.28. The van der Waals surface area contributed by atoms with E-state index in [2.05, 4.69) is 108 Å². The molecular weight excluding hydrogens is 410 g/mol. The van der Waals surface area contributed by atoms with Crippen LogP contribution in [-0.4, -0.2) is 0 Å². The Morgan fingerprint density at radius 3 is 1.38 bits per heavy atom. The van der Waals surface area contributed by atoms with Gasteiger partial charge in [-0.05, 0) is 70.8 Å². The third-order valence-corrected chi connectivity index (χ3v) is 5.77. The van der Waals surface area contributed by atoms with Crippen LogP contribution >= 0.6 is 11.6 Å². The molecule has 154 valence electrons. The molecule has 1 nitrogen and oxygen atoms in total. The minimum atomic E-state index is 0.746. The predicted octanol–water partition coefficient (Wildman–Crippen LogP) is 9.14. The minimum Gasteiger partial charge on any atom is -0.311 e. The fourth-order valence-electron chi connectivity index (χ4n) is 3.93. The molecule has 0 N–H and O–H groups in total. The van der Waals surface area contributed by atoms with Gasteiger partial charge in [0.05, 0.1) is 0 Å². The highest BCUT2D eigenvalue weighted by atomic mass is 35.5. The topological polar surface area (TPSA) is 3.24 Å². The molecule has 0 heterocycles. The standard InChI is InChI=1S/C30H22ClN/c31-27-11-7-10-26(22-27)25-16-20-30(21-17-25)32(28-12-5-2-6-13-28)29-18-14-24(15-19-29)23-8-3-1-4-9-23/h1-22H. The Morgan fingerprint density at radius 2 is 0.812 bits per heavy atom. The van der Waals surface area contributed by atoms with Gasteiger partial charge in [0.15, 0.2) is 0 Å². The number of anilines is 3. The molecule has 0 aliphatic rings. The zero-order valence-electron chi connectivity index (χ0n) is 17.5. The lowest BCUT2D eigenvalue weighted by Crippen LogP contribution is -2.09. The molecule has 0 spiro atoms. The maximum absolute atomic E-state index is 6.19. The van der Waals surface area contributed by atoms with Gasteiger partial charge in [0, 0.05) is 22.1 Å². The molecule has 5 aromatic rings. The zero-order chi connectivity index (χ0) is 21.8. The molecule has 32 heavy (non-hydrogen) atoms. The van der Waals surface area contributed by atoms with Crippen molar-refractivity contribution in [3.63, 3.8) is 0 Å². The van der Waals surface area contributed by atoms with Gasteiger partial charge >= 0.3 is 0 Å². The van der Waals surface area contributed by atoms with E-state index in [4.69, 9.17) is 11.6 Å². The van der Waals surface area contributed by atoms with Crippen LogP contribution in [0.5, 0.6) is 0 Å². The number of rotatable bonds is 5. The van der Waals surface area contributed by atoms with Crippen molar-refractivity contribution in [3.8, 4) is 22.3 Å². The van der Waals surface area contributed by atoms with Crippen molar-refractivity contribution in [3.05, 3.63) is 138 Å². The first-order valence-corrected chi connectivity index (χ1v) is 11.0. The molecule has 0 aliphatic carbocycles. The van der Waals surface area contributed by atoms with Crippen molar-refractivity contribution in [2.45, 2.75) is 0 Å². The van der Waals surface area contributed by atoms with Crippen molar-refractivity contribution in [2.24, 2.45) is 0 Å². The van der Waals surface area contributed by atoms with E-state index >= 15 is 0 Å². The summed E-state index contributed by atoms with van der Waals surface area (Å²) in [5.41, 5.74) is 8.03. The monoisotopic (exact) mass is 431 g/mol. The van der Waals surface area contributed by atoms with Crippen molar-refractivity contribution in [1.82, 2.24) is 0 Å². The normalized spacial score (nSPS) is 10.7. The van der Waals surface area contributed by atoms with Crippen molar-refractivity contribution in [2.75, 3.05) is 4.90 Å². The summed E-state index contributed by atoms with van der Waals surface area (Å²) in [6, 6.07) is 46.2. The maximum Gasteiger partial charge on any atom is 0.0462 e. The SMILES string of the molecule is Clc1cccc(-c2ccc(N(c3ccccc3)c3ccc(-c4ccccc4)cc3)cc2)c1. The Hall–Kier alpha value is -3.81. The van der Waals surface area contributed by atoms with Crippen molar-refractivity contribution < 1.29 is 0 Å². The highest BCUT2D eigenvalue weighted by molar-refractivity contribution is 6.30. The Labute approximate surface area is 194 Å². The number of hydrogen-bond donors (Lipinski definition) is 0. The van der Waals surface area contributed by atoms with Gasteiger partial charge in [-0.1, -0.05) is 96.5 Å². The van der Waals surface area contributed by atoms with E-state index in [1.165, 1.54) is 11.1 Å². The van der Waals surface area contributed by atoms with Gasteiger partial charge < -0.3 is 4.90 Å². The molecule has 0 saturated carbocycles. The van der Waals surface area contributed by atoms with E-state index in [1.807, 2.05) is 30.3 Å². The summed E-state index contributed by atoms with van der Waals surface area (Å²) in [4.78, 5) is 2.27. The van der Waals surface area contributed by atoms with Crippen LogP contribution in [0.4, 0.5) is 17.1 Å². The molecule has 5 rings (SSSR count). The molecule has 0 atom stereocenters. The maximum atomic E-state index is 6.19. The van der Waals surface area contributed by atoms with Crippen LogP contribution in [-0.2, 0) is 0 Å². The first kappa shape index (κ1) is 20.1. The van der Waals surface area contributed by atoms with Gasteiger partial charge in [-0.3, -0.25) is 0 Å². The van der Waals surface area contributed by atoms with E-state index in [-0.39, 0.29) is 0 Å². The number of para-hydroxylation sites is 1. The van der Waals surface area contributed by atoms with Crippen LogP contribution in [0.3, 0.4) is 0 Å². The number of benzene rings is 5. The van der Waals surface area contributed by atoms with E-state index in [9.17, 15) is 0 Å². The fourth-order valence-corrected chi connectivity index (χ4v) is 4.12. The van der Waals surface area contributed by atoms with Gasteiger partial charge in [0.25, 0.3) is 0 Å². The van der Waals surface area contributed by atoms with E-state index in [0.29, 0.717) is 0 Å². The van der Waals surface area contributed by atoms with Gasteiger partial charge in [-0.15, -0.1) is 0 Å². The summed E-state index contributed by atoms with van der Waals surface area (Å²) in [6.45, 7) is 0. The summed E-state index contributed by atoms with van der Waals surface area (Å²) >= 11 is 6.19. The molecule has 0 fully saturated rings. The van der Waals surface area contributed by atoms with Gasteiger partial charge in [-0.2, -0.15) is 0 Å². The number of hydrogen-bond acceptors (Lipinski definition) is 1. The largest absolute Gasteiger partial charge is 0.311 e. The molecule has 2 heteroatoms. The van der Waals surface area contributed by atoms with E-state index in [1.54, 1.807) is 0 Å². The first-order valence-electron chi connectivity index (χ1n) is 10.6. The second-order valence-corrected chi connectivity index (χ2v) is 8.08. The lowest BCUT2D eigenvalue weighted by atomic mass is 10.0. The van der Waals surface area contributed by atoms with Crippen molar-refractivity contribution in [1.29, 1.82) is 0 Å². The minimum absolute atomic E-state index is 0.746. The summed E-state index contributed by atoms with van der Waals surface area (Å²) in [5.74, 6) is 0. The van der Waals surface area contributed by atoms with Crippen LogP contribution < -0.4 is 4.90 Å². The summed E-state index contributed by atoms with van der Waals surface area (Å²) in [6.07, 6.45) is 0. The van der Waals surface area contributed by atoms with Gasteiger partial charge in [0.1, 0.15) is 0 Å². The average Bonchev–Trinajstić information content (AvgIpc) is 2.86. The quantitative estimate of drug-likeness (QED) is 0.268. The molecule has 0 aliphatic heterocycles. The predicted molar refractivity (Wildman–Crippen MR) is 137 cm³/mol. The molecule has 0 amide bonds. The third kappa shape index (κ3) is 4.30. The fraction of sp³-hybridized carbons (Fsp3) is 0. The molecule has 0 radical (unpaired) electrons. The first-order chi connectivity index (χ1) is 15.8. The summed E-state index contributed by atoms with van der Waals surface area (Å²) in [7, 11) is 0. The summed E-state index contributed by atoms with van der Waals surface area (Å²) < 4.78 is 0. The van der Waals surface area contributed by atoms with E-state index in [0.717, 1.165) is 33.2 Å². The highest BCUT2D eigenvalue weighted by Crippen LogP contribution is 2.36. The third-order valence-electron chi connectivity index (χ3n) is 5.53. The second-order valence-electron chi connectivity index (χ2n) is 7.64. The zero-order valence-corrected chi connectivity index (χ0v) is 18.3. The smallest absolute Gasteiger partial charge is 0.0462 e. The molecule has 0 aromatic heterocycles. The molecular formula is C30H22ClN. The van der Waals surface area contributed by atoms with Crippen molar-refractivity contribution >= 4 is 28.7 Å². The van der Waals surface area contributed by atoms with Crippen LogP contribution in [0, 0.1) is 0 Å².